The summed E-state index contributed by atoms with van der Waals surface area (Å²) in [4.78, 5) is 23.4. The normalized spacial score (nSPS) is 11.3. The van der Waals surface area contributed by atoms with Gasteiger partial charge in [0.05, 0.1) is 0 Å². The molecule has 0 spiro atoms. The van der Waals surface area contributed by atoms with Gasteiger partial charge in [-0.2, -0.15) is 0 Å². The van der Waals surface area contributed by atoms with Crippen LogP contribution < -0.4 is 20.3 Å². The van der Waals surface area contributed by atoms with E-state index in [0.29, 0.717) is 0 Å². The van der Waals surface area contributed by atoms with Crippen LogP contribution in [0.5, 0.6) is 11.5 Å². The molecule has 0 aliphatic carbocycles. The van der Waals surface area contributed by atoms with Gasteiger partial charge >= 0.3 is 0 Å². The molecular weight excluding hydrogens is 334 g/mol. The first-order valence-electron chi connectivity index (χ1n) is 7.34. The first-order chi connectivity index (χ1) is 12.0. The quantitative estimate of drug-likeness (QED) is 0.781. The molecule has 0 heterocycles. The third kappa shape index (κ3) is 5.76. The number of hydrazine groups is 1. The number of amides is 2. The van der Waals surface area contributed by atoms with E-state index in [1.54, 1.807) is 6.07 Å². The van der Waals surface area contributed by atoms with Crippen molar-refractivity contribution in [1.82, 2.24) is 10.9 Å². The largest absolute Gasteiger partial charge is 0.484 e. The van der Waals surface area contributed by atoms with Crippen LogP contribution in [-0.2, 0) is 9.59 Å². The number of nitrogens with one attached hydrogen (secondary N) is 2. The summed E-state index contributed by atoms with van der Waals surface area (Å²) in [6.45, 7) is 0.976. The molecule has 0 fully saturated rings. The number of benzene rings is 2. The Kier molecular flexibility index (Phi) is 6.27. The number of rotatable bonds is 6. The number of ether oxygens (including phenoxy) is 2. The van der Waals surface area contributed by atoms with Gasteiger partial charge in [0.15, 0.2) is 24.3 Å². The Balaban J connectivity index is 1.75. The molecule has 0 unspecified atom stereocenters. The van der Waals surface area contributed by atoms with E-state index >= 15 is 0 Å². The zero-order valence-corrected chi connectivity index (χ0v) is 13.3. The van der Waals surface area contributed by atoms with Gasteiger partial charge in [-0.3, -0.25) is 20.4 Å². The van der Waals surface area contributed by atoms with Crippen molar-refractivity contribution in [3.63, 3.8) is 0 Å². The van der Waals surface area contributed by atoms with Gasteiger partial charge in [-0.25, -0.2) is 8.78 Å². The summed E-state index contributed by atoms with van der Waals surface area (Å²) < 4.78 is 36.7. The molecule has 0 radical (unpaired) electrons. The molecule has 2 aromatic carbocycles. The van der Waals surface area contributed by atoms with Crippen molar-refractivity contribution < 1.29 is 27.8 Å². The van der Waals surface area contributed by atoms with E-state index in [1.807, 2.05) is 0 Å². The highest BCUT2D eigenvalue weighted by Gasteiger charge is 2.17. The number of hydrogen-bond donors (Lipinski definition) is 2. The molecule has 1 atom stereocenters. The fraction of sp³-hybridized carbons (Fsp3) is 0.176. The molecule has 8 heteroatoms. The van der Waals surface area contributed by atoms with E-state index in [0.717, 1.165) is 6.07 Å². The second kappa shape index (κ2) is 8.62. The molecule has 2 amide bonds. The topological polar surface area (TPSA) is 76.7 Å². The summed E-state index contributed by atoms with van der Waals surface area (Å²) in [6, 6.07) is 10.9. The van der Waals surface area contributed by atoms with E-state index in [4.69, 9.17) is 9.47 Å². The van der Waals surface area contributed by atoms with Crippen molar-refractivity contribution in [3.8, 4) is 11.5 Å². The monoisotopic (exact) mass is 350 g/mol. The molecule has 0 aromatic heterocycles. The number of hydrogen-bond acceptors (Lipinski definition) is 4. The minimum Gasteiger partial charge on any atom is -0.484 e. The Hall–Kier alpha value is -3.16. The lowest BCUT2D eigenvalue weighted by molar-refractivity contribution is -0.133. The molecule has 2 N–H and O–H groups in total. The van der Waals surface area contributed by atoms with Gasteiger partial charge in [-0.15, -0.1) is 0 Å². The predicted molar refractivity (Wildman–Crippen MR) is 84.7 cm³/mol. The van der Waals surface area contributed by atoms with E-state index < -0.39 is 36.2 Å². The SMILES string of the molecule is C[C@@H](Oc1ccccc1F)C(=O)NNC(=O)COc1cccc(F)c1. The van der Waals surface area contributed by atoms with Crippen molar-refractivity contribution in [2.75, 3.05) is 6.61 Å². The molecule has 0 saturated carbocycles. The van der Waals surface area contributed by atoms with E-state index in [1.165, 1.54) is 43.3 Å². The molecule has 2 aromatic rings. The van der Waals surface area contributed by atoms with Crippen molar-refractivity contribution in [2.24, 2.45) is 0 Å². The highest BCUT2D eigenvalue weighted by molar-refractivity contribution is 5.85. The summed E-state index contributed by atoms with van der Waals surface area (Å²) in [7, 11) is 0. The Morgan fingerprint density at radius 1 is 1.08 bits per heavy atom. The van der Waals surface area contributed by atoms with Gasteiger partial charge < -0.3 is 9.47 Å². The van der Waals surface area contributed by atoms with Crippen LogP contribution in [0.4, 0.5) is 8.78 Å². The minimum atomic E-state index is -1.04. The lowest BCUT2D eigenvalue weighted by Crippen LogP contribution is -2.48. The van der Waals surface area contributed by atoms with Crippen LogP contribution in [0.3, 0.4) is 0 Å². The average molecular weight is 350 g/mol. The highest BCUT2D eigenvalue weighted by Crippen LogP contribution is 2.16. The predicted octanol–water partition coefficient (Wildman–Crippen LogP) is 1.96. The molecule has 0 aliphatic heterocycles. The summed E-state index contributed by atoms with van der Waals surface area (Å²) in [5.41, 5.74) is 4.25. The zero-order valence-electron chi connectivity index (χ0n) is 13.3. The number of halogens is 2. The zero-order chi connectivity index (χ0) is 18.2. The van der Waals surface area contributed by atoms with Crippen LogP contribution >= 0.6 is 0 Å². The lowest BCUT2D eigenvalue weighted by atomic mass is 10.3. The lowest BCUT2D eigenvalue weighted by Gasteiger charge is -2.15. The summed E-state index contributed by atoms with van der Waals surface area (Å²) >= 11 is 0. The Morgan fingerprint density at radius 2 is 1.84 bits per heavy atom. The smallest absolute Gasteiger partial charge is 0.279 e. The Morgan fingerprint density at radius 3 is 2.56 bits per heavy atom. The second-order valence-electron chi connectivity index (χ2n) is 4.97. The van der Waals surface area contributed by atoms with Gasteiger partial charge in [-0.1, -0.05) is 18.2 Å². The van der Waals surface area contributed by atoms with E-state index in [2.05, 4.69) is 10.9 Å². The maximum Gasteiger partial charge on any atom is 0.279 e. The maximum atomic E-state index is 13.4. The molecule has 6 nitrogen and oxygen atoms in total. The van der Waals surface area contributed by atoms with E-state index in [9.17, 15) is 18.4 Å². The molecular formula is C17H16F2N2O4. The van der Waals surface area contributed by atoms with Crippen LogP contribution in [-0.4, -0.2) is 24.5 Å². The van der Waals surface area contributed by atoms with Crippen LogP contribution in [0.25, 0.3) is 0 Å². The molecule has 0 saturated heterocycles. The van der Waals surface area contributed by atoms with Crippen molar-refractivity contribution in [1.29, 1.82) is 0 Å². The minimum absolute atomic E-state index is 0.0779. The highest BCUT2D eigenvalue weighted by atomic mass is 19.1. The van der Waals surface area contributed by atoms with Crippen LogP contribution in [0.15, 0.2) is 48.5 Å². The summed E-state index contributed by atoms with van der Waals surface area (Å²) in [5, 5.41) is 0. The third-order valence-electron chi connectivity index (χ3n) is 3.00. The van der Waals surface area contributed by atoms with Crippen LogP contribution in [0, 0.1) is 11.6 Å². The molecule has 25 heavy (non-hydrogen) atoms. The van der Waals surface area contributed by atoms with Crippen molar-refractivity contribution >= 4 is 11.8 Å². The van der Waals surface area contributed by atoms with Crippen molar-refractivity contribution in [3.05, 3.63) is 60.2 Å². The average Bonchev–Trinajstić information content (AvgIpc) is 2.59. The molecule has 0 aliphatic rings. The molecule has 0 bridgehead atoms. The Bertz CT molecular complexity index is 755. The van der Waals surface area contributed by atoms with Gasteiger partial charge in [0.2, 0.25) is 0 Å². The fourth-order valence-corrected chi connectivity index (χ4v) is 1.76. The van der Waals surface area contributed by atoms with Gasteiger partial charge in [0.25, 0.3) is 11.8 Å². The molecule has 2 rings (SSSR count). The number of carbonyl (C=O) groups excluding carboxylic acids is 2. The van der Waals surface area contributed by atoms with Crippen molar-refractivity contribution in [2.45, 2.75) is 13.0 Å². The molecule has 132 valence electrons. The standard InChI is InChI=1S/C17H16F2N2O4/c1-11(25-15-8-3-2-7-14(15)19)17(23)21-20-16(22)10-24-13-6-4-5-12(18)9-13/h2-9,11H,10H2,1H3,(H,20,22)(H,21,23)/t11-/m1/s1. The summed E-state index contributed by atoms with van der Waals surface area (Å²) in [6.07, 6.45) is -1.04. The fourth-order valence-electron chi connectivity index (χ4n) is 1.76. The van der Waals surface area contributed by atoms with Gasteiger partial charge in [0, 0.05) is 6.07 Å². The number of para-hydroxylation sites is 1. The van der Waals surface area contributed by atoms with E-state index in [-0.39, 0.29) is 11.5 Å². The summed E-state index contributed by atoms with van der Waals surface area (Å²) in [5.74, 6) is -2.33. The maximum absolute atomic E-state index is 13.4. The van der Waals surface area contributed by atoms with Crippen LogP contribution in [0.1, 0.15) is 6.92 Å². The first-order valence-corrected chi connectivity index (χ1v) is 7.34. The third-order valence-corrected chi connectivity index (χ3v) is 3.00. The number of carbonyl (C=O) groups is 2. The second-order valence-corrected chi connectivity index (χ2v) is 4.97. The van der Waals surface area contributed by atoms with Gasteiger partial charge in [-0.05, 0) is 31.2 Å². The van der Waals surface area contributed by atoms with Gasteiger partial charge in [0.1, 0.15) is 11.6 Å². The Labute approximate surface area is 142 Å². The van der Waals surface area contributed by atoms with Crippen LogP contribution in [0.2, 0.25) is 0 Å². The first kappa shape index (κ1) is 18.2.